The number of aryl methyl sites for hydroxylation is 1. The first-order chi connectivity index (χ1) is 8.20. The van der Waals surface area contributed by atoms with E-state index >= 15 is 0 Å². The quantitative estimate of drug-likeness (QED) is 0.773. The number of hydrogen-bond acceptors (Lipinski definition) is 2. The van der Waals surface area contributed by atoms with Crippen molar-refractivity contribution in [1.29, 1.82) is 0 Å². The maximum atomic E-state index is 11.8. The fourth-order valence-electron chi connectivity index (χ4n) is 1.17. The summed E-state index contributed by atoms with van der Waals surface area (Å²) in [6, 6.07) is 5.87. The van der Waals surface area contributed by atoms with Crippen LogP contribution < -0.4 is 10.6 Å². The Morgan fingerprint density at radius 2 is 1.94 bits per heavy atom. The molecule has 1 rings (SSSR count). The fraction of sp³-hybridized carbons (Fsp3) is 0.385. The third-order valence-electron chi connectivity index (χ3n) is 2.28. The molecule has 0 radical (unpaired) electrons. The van der Waals surface area contributed by atoms with Crippen molar-refractivity contribution in [3.8, 4) is 0 Å². The second-order valence-corrected chi connectivity index (χ2v) is 6.40. The van der Waals surface area contributed by atoms with E-state index in [4.69, 9.17) is 12.2 Å². The van der Waals surface area contributed by atoms with Crippen molar-refractivity contribution in [2.24, 2.45) is 5.41 Å². The molecule has 0 saturated heterocycles. The second kappa shape index (κ2) is 5.80. The van der Waals surface area contributed by atoms with E-state index in [1.54, 1.807) is 0 Å². The van der Waals surface area contributed by atoms with Crippen LogP contribution in [0.25, 0.3) is 0 Å². The molecule has 0 aliphatic carbocycles. The Morgan fingerprint density at radius 3 is 2.44 bits per heavy atom. The van der Waals surface area contributed by atoms with Gasteiger partial charge in [0.2, 0.25) is 5.91 Å². The number of thiocarbonyl (C=S) groups is 1. The number of halogens is 1. The smallest absolute Gasteiger partial charge is 0.231 e. The molecule has 0 aromatic heterocycles. The maximum absolute atomic E-state index is 11.8. The average Bonchev–Trinajstić information content (AvgIpc) is 2.20. The zero-order chi connectivity index (χ0) is 13.9. The van der Waals surface area contributed by atoms with Gasteiger partial charge in [-0.3, -0.25) is 4.79 Å². The van der Waals surface area contributed by atoms with Gasteiger partial charge in [-0.05, 0) is 52.8 Å². The van der Waals surface area contributed by atoms with Gasteiger partial charge < -0.3 is 10.6 Å². The Kier molecular flexibility index (Phi) is 4.87. The van der Waals surface area contributed by atoms with Gasteiger partial charge in [-0.2, -0.15) is 0 Å². The Morgan fingerprint density at radius 1 is 1.33 bits per heavy atom. The van der Waals surface area contributed by atoms with Crippen LogP contribution in [0.4, 0.5) is 5.69 Å². The van der Waals surface area contributed by atoms with Crippen LogP contribution in [0.2, 0.25) is 0 Å². The third-order valence-corrected chi connectivity index (χ3v) is 3.14. The molecule has 1 aromatic rings. The van der Waals surface area contributed by atoms with Gasteiger partial charge in [-0.1, -0.05) is 26.8 Å². The van der Waals surface area contributed by atoms with E-state index in [-0.39, 0.29) is 5.91 Å². The molecule has 0 aliphatic heterocycles. The standard InChI is InChI=1S/C13H17BrN2OS/c1-8-5-6-10(9(14)7-8)15-12(18)16-11(17)13(2,3)4/h5-7H,1-4H3,(H2,15,16,17,18). The third kappa shape index (κ3) is 4.38. The van der Waals surface area contributed by atoms with Crippen molar-refractivity contribution in [1.82, 2.24) is 5.32 Å². The Bertz CT molecular complexity index is 480. The number of benzene rings is 1. The first kappa shape index (κ1) is 15.1. The lowest BCUT2D eigenvalue weighted by Crippen LogP contribution is -2.41. The molecular formula is C13H17BrN2OS. The van der Waals surface area contributed by atoms with Crippen molar-refractivity contribution in [2.45, 2.75) is 27.7 Å². The van der Waals surface area contributed by atoms with E-state index in [9.17, 15) is 4.79 Å². The molecule has 5 heteroatoms. The van der Waals surface area contributed by atoms with Gasteiger partial charge in [0.05, 0.1) is 5.69 Å². The van der Waals surface area contributed by atoms with Crippen LogP contribution in [0.3, 0.4) is 0 Å². The summed E-state index contributed by atoms with van der Waals surface area (Å²) in [6.07, 6.45) is 0. The van der Waals surface area contributed by atoms with Crippen LogP contribution in [0, 0.1) is 12.3 Å². The van der Waals surface area contributed by atoms with E-state index in [2.05, 4.69) is 26.6 Å². The maximum Gasteiger partial charge on any atom is 0.231 e. The van der Waals surface area contributed by atoms with Crippen molar-refractivity contribution in [3.63, 3.8) is 0 Å². The number of carbonyl (C=O) groups is 1. The highest BCUT2D eigenvalue weighted by atomic mass is 79.9. The summed E-state index contributed by atoms with van der Waals surface area (Å²) in [7, 11) is 0. The highest BCUT2D eigenvalue weighted by Crippen LogP contribution is 2.23. The van der Waals surface area contributed by atoms with E-state index in [0.717, 1.165) is 15.7 Å². The fourth-order valence-corrected chi connectivity index (χ4v) is 1.96. The predicted octanol–water partition coefficient (Wildman–Crippen LogP) is 3.62. The first-order valence-corrected chi connectivity index (χ1v) is 6.79. The summed E-state index contributed by atoms with van der Waals surface area (Å²) in [6.45, 7) is 7.53. The van der Waals surface area contributed by atoms with E-state index in [1.807, 2.05) is 45.9 Å². The predicted molar refractivity (Wildman–Crippen MR) is 82.7 cm³/mol. The molecule has 98 valence electrons. The average molecular weight is 329 g/mol. The summed E-state index contributed by atoms with van der Waals surface area (Å²) in [5.74, 6) is -0.108. The Hall–Kier alpha value is -0.940. The lowest BCUT2D eigenvalue weighted by atomic mass is 9.96. The number of amides is 1. The number of anilines is 1. The first-order valence-electron chi connectivity index (χ1n) is 5.59. The van der Waals surface area contributed by atoms with Crippen LogP contribution in [0.1, 0.15) is 26.3 Å². The highest BCUT2D eigenvalue weighted by molar-refractivity contribution is 9.10. The zero-order valence-corrected chi connectivity index (χ0v) is 13.3. The highest BCUT2D eigenvalue weighted by Gasteiger charge is 2.22. The van der Waals surface area contributed by atoms with Crippen LogP contribution in [-0.2, 0) is 4.79 Å². The summed E-state index contributed by atoms with van der Waals surface area (Å²) in [5.41, 5.74) is 1.52. The zero-order valence-electron chi connectivity index (χ0n) is 10.9. The van der Waals surface area contributed by atoms with Crippen molar-refractivity contribution in [3.05, 3.63) is 28.2 Å². The van der Waals surface area contributed by atoms with Gasteiger partial charge in [0, 0.05) is 9.89 Å². The van der Waals surface area contributed by atoms with E-state index < -0.39 is 5.41 Å². The normalized spacial score (nSPS) is 10.9. The number of hydrogen-bond donors (Lipinski definition) is 2. The summed E-state index contributed by atoms with van der Waals surface area (Å²) in [4.78, 5) is 11.8. The second-order valence-electron chi connectivity index (χ2n) is 5.14. The van der Waals surface area contributed by atoms with Gasteiger partial charge in [0.1, 0.15) is 0 Å². The van der Waals surface area contributed by atoms with Crippen LogP contribution in [-0.4, -0.2) is 11.0 Å². The molecule has 0 fully saturated rings. The largest absolute Gasteiger partial charge is 0.331 e. The number of rotatable bonds is 1. The number of nitrogens with one attached hydrogen (secondary N) is 2. The molecule has 0 unspecified atom stereocenters. The number of carbonyl (C=O) groups excluding carboxylic acids is 1. The minimum absolute atomic E-state index is 0.108. The van der Waals surface area contributed by atoms with Gasteiger partial charge in [0.25, 0.3) is 0 Å². The van der Waals surface area contributed by atoms with Gasteiger partial charge in [-0.15, -0.1) is 0 Å². The molecule has 0 heterocycles. The summed E-state index contributed by atoms with van der Waals surface area (Å²) >= 11 is 8.56. The molecule has 0 aliphatic rings. The lowest BCUT2D eigenvalue weighted by Gasteiger charge is -2.19. The van der Waals surface area contributed by atoms with Gasteiger partial charge >= 0.3 is 0 Å². The molecule has 0 bridgehead atoms. The molecule has 0 saturated carbocycles. The molecule has 0 spiro atoms. The van der Waals surface area contributed by atoms with Crippen molar-refractivity contribution in [2.75, 3.05) is 5.32 Å². The molecule has 1 aromatic carbocycles. The SMILES string of the molecule is Cc1ccc(NC(=S)NC(=O)C(C)(C)C)c(Br)c1. The Labute approximate surface area is 121 Å². The summed E-state index contributed by atoms with van der Waals surface area (Å²) < 4.78 is 0.912. The van der Waals surface area contributed by atoms with E-state index in [1.165, 1.54) is 0 Å². The van der Waals surface area contributed by atoms with Crippen LogP contribution in [0.15, 0.2) is 22.7 Å². The van der Waals surface area contributed by atoms with Crippen molar-refractivity contribution < 1.29 is 4.79 Å². The Balaban J connectivity index is 2.68. The summed E-state index contributed by atoms with van der Waals surface area (Å²) in [5, 5.41) is 5.97. The minimum Gasteiger partial charge on any atom is -0.331 e. The minimum atomic E-state index is -0.462. The molecular weight excluding hydrogens is 312 g/mol. The van der Waals surface area contributed by atoms with Crippen LogP contribution >= 0.6 is 28.1 Å². The molecule has 2 N–H and O–H groups in total. The van der Waals surface area contributed by atoms with Crippen LogP contribution in [0.5, 0.6) is 0 Å². The van der Waals surface area contributed by atoms with E-state index in [0.29, 0.717) is 5.11 Å². The monoisotopic (exact) mass is 328 g/mol. The molecule has 1 amide bonds. The van der Waals surface area contributed by atoms with Crippen molar-refractivity contribution >= 4 is 44.9 Å². The lowest BCUT2D eigenvalue weighted by molar-refractivity contribution is -0.126. The molecule has 18 heavy (non-hydrogen) atoms. The van der Waals surface area contributed by atoms with Gasteiger partial charge in [-0.25, -0.2) is 0 Å². The topological polar surface area (TPSA) is 41.1 Å². The molecule has 3 nitrogen and oxygen atoms in total. The van der Waals surface area contributed by atoms with Gasteiger partial charge in [0.15, 0.2) is 5.11 Å². The molecule has 0 atom stereocenters.